The maximum atomic E-state index is 5.71. The van der Waals surface area contributed by atoms with Gasteiger partial charge < -0.3 is 0 Å². The van der Waals surface area contributed by atoms with Crippen LogP contribution in [0, 0.1) is 5.92 Å². The predicted octanol–water partition coefficient (Wildman–Crippen LogP) is 3.18. The summed E-state index contributed by atoms with van der Waals surface area (Å²) in [6.45, 7) is 4.43. The third-order valence-corrected chi connectivity index (χ3v) is 3.48. The lowest BCUT2D eigenvalue weighted by Gasteiger charge is -2.23. The van der Waals surface area contributed by atoms with Gasteiger partial charge in [0.2, 0.25) is 0 Å². The molecule has 1 aromatic carbocycles. The first-order valence-electron chi connectivity index (χ1n) is 6.57. The molecule has 3 heteroatoms. The first kappa shape index (κ1) is 13.0. The van der Waals surface area contributed by atoms with Crippen LogP contribution in [0.15, 0.2) is 36.5 Å². The molecular formula is C15H21N3. The summed E-state index contributed by atoms with van der Waals surface area (Å²) < 4.78 is 0. The van der Waals surface area contributed by atoms with Crippen molar-refractivity contribution in [3.05, 3.63) is 42.1 Å². The van der Waals surface area contributed by atoms with E-state index in [0.717, 1.165) is 11.9 Å². The molecule has 0 aliphatic carbocycles. The Bertz CT molecular complexity index is 510. The maximum absolute atomic E-state index is 5.71. The molecule has 1 heterocycles. The molecule has 0 saturated carbocycles. The van der Waals surface area contributed by atoms with Gasteiger partial charge in [0.15, 0.2) is 0 Å². The van der Waals surface area contributed by atoms with Crippen molar-refractivity contribution in [3.63, 3.8) is 0 Å². The van der Waals surface area contributed by atoms with E-state index >= 15 is 0 Å². The molecule has 2 atom stereocenters. The zero-order chi connectivity index (χ0) is 13.0. The Hall–Kier alpha value is -1.45. The van der Waals surface area contributed by atoms with E-state index in [1.165, 1.54) is 17.4 Å². The summed E-state index contributed by atoms with van der Waals surface area (Å²) in [6.07, 6.45) is 4.16. The molecule has 0 spiro atoms. The minimum Gasteiger partial charge on any atom is -0.271 e. The molecule has 18 heavy (non-hydrogen) atoms. The van der Waals surface area contributed by atoms with Gasteiger partial charge >= 0.3 is 0 Å². The van der Waals surface area contributed by atoms with Gasteiger partial charge in [0.25, 0.3) is 0 Å². The smallest absolute Gasteiger partial charge is 0.0705 e. The number of nitrogens with zero attached hydrogens (tertiary/aromatic N) is 1. The van der Waals surface area contributed by atoms with E-state index in [1.54, 1.807) is 0 Å². The van der Waals surface area contributed by atoms with Crippen molar-refractivity contribution < 1.29 is 0 Å². The van der Waals surface area contributed by atoms with Gasteiger partial charge in [-0.05, 0) is 30.0 Å². The summed E-state index contributed by atoms with van der Waals surface area (Å²) >= 11 is 0. The number of hydrazine groups is 1. The number of nitrogens with one attached hydrogen (secondary N) is 1. The summed E-state index contributed by atoms with van der Waals surface area (Å²) in [7, 11) is 0. The lowest BCUT2D eigenvalue weighted by atomic mass is 9.91. The Balaban J connectivity index is 2.33. The highest BCUT2D eigenvalue weighted by atomic mass is 15.2. The number of hydrogen-bond acceptors (Lipinski definition) is 3. The third kappa shape index (κ3) is 2.68. The van der Waals surface area contributed by atoms with Crippen LogP contribution in [-0.4, -0.2) is 4.98 Å². The summed E-state index contributed by atoms with van der Waals surface area (Å²) in [4.78, 5) is 4.40. The molecular weight excluding hydrogens is 222 g/mol. The highest BCUT2D eigenvalue weighted by Gasteiger charge is 2.17. The zero-order valence-electron chi connectivity index (χ0n) is 11.1. The molecule has 0 bridgehead atoms. The van der Waals surface area contributed by atoms with Gasteiger partial charge in [0.05, 0.1) is 5.52 Å². The van der Waals surface area contributed by atoms with Crippen molar-refractivity contribution in [2.45, 2.75) is 32.7 Å². The fourth-order valence-corrected chi connectivity index (χ4v) is 2.49. The van der Waals surface area contributed by atoms with Crippen LogP contribution in [0.5, 0.6) is 0 Å². The minimum absolute atomic E-state index is 0.191. The predicted molar refractivity (Wildman–Crippen MR) is 75.9 cm³/mol. The Labute approximate surface area is 108 Å². The Morgan fingerprint density at radius 2 is 2.17 bits per heavy atom. The van der Waals surface area contributed by atoms with E-state index in [0.29, 0.717) is 5.92 Å². The highest BCUT2D eigenvalue weighted by Crippen LogP contribution is 2.26. The molecule has 1 aromatic heterocycles. The molecule has 0 aliphatic heterocycles. The lowest BCUT2D eigenvalue weighted by molar-refractivity contribution is 0.368. The molecule has 0 amide bonds. The van der Waals surface area contributed by atoms with E-state index in [2.05, 4.69) is 48.5 Å². The fraction of sp³-hybridized carbons (Fsp3) is 0.400. The number of benzene rings is 1. The normalized spacial score (nSPS) is 14.6. The number of hydrogen-bond donors (Lipinski definition) is 2. The van der Waals surface area contributed by atoms with Crippen LogP contribution < -0.4 is 11.3 Å². The highest BCUT2D eigenvalue weighted by molar-refractivity contribution is 5.78. The summed E-state index contributed by atoms with van der Waals surface area (Å²) in [6, 6.07) is 10.6. The number of aromatic nitrogens is 1. The van der Waals surface area contributed by atoms with E-state index in [1.807, 2.05) is 12.3 Å². The second-order valence-corrected chi connectivity index (χ2v) is 4.87. The van der Waals surface area contributed by atoms with Crippen LogP contribution >= 0.6 is 0 Å². The van der Waals surface area contributed by atoms with Crippen molar-refractivity contribution in [2.75, 3.05) is 0 Å². The van der Waals surface area contributed by atoms with Crippen LogP contribution in [0.3, 0.4) is 0 Å². The lowest BCUT2D eigenvalue weighted by Crippen LogP contribution is -2.32. The van der Waals surface area contributed by atoms with Gasteiger partial charge in [0, 0.05) is 17.6 Å². The number of nitrogens with two attached hydrogens (primary N) is 1. The molecule has 3 nitrogen and oxygen atoms in total. The topological polar surface area (TPSA) is 50.9 Å². The molecule has 0 saturated heterocycles. The summed E-state index contributed by atoms with van der Waals surface area (Å²) in [5, 5.41) is 1.17. The van der Waals surface area contributed by atoms with Gasteiger partial charge in [-0.25, -0.2) is 0 Å². The van der Waals surface area contributed by atoms with Gasteiger partial charge in [-0.3, -0.25) is 16.3 Å². The van der Waals surface area contributed by atoms with Gasteiger partial charge in [-0.1, -0.05) is 38.5 Å². The third-order valence-electron chi connectivity index (χ3n) is 3.48. The summed E-state index contributed by atoms with van der Waals surface area (Å²) in [5.74, 6) is 6.22. The molecule has 0 fully saturated rings. The average molecular weight is 243 g/mol. The molecule has 0 radical (unpaired) electrons. The monoisotopic (exact) mass is 243 g/mol. The molecule has 0 aliphatic rings. The van der Waals surface area contributed by atoms with Crippen LogP contribution in [-0.2, 0) is 0 Å². The number of fused-ring (bicyclic) bond motifs is 1. The van der Waals surface area contributed by atoms with Crippen LogP contribution in [0.25, 0.3) is 10.9 Å². The van der Waals surface area contributed by atoms with Crippen molar-refractivity contribution in [1.82, 2.24) is 10.4 Å². The first-order valence-corrected chi connectivity index (χ1v) is 6.57. The number of pyridine rings is 1. The molecule has 2 aromatic rings. The van der Waals surface area contributed by atoms with Gasteiger partial charge in [-0.2, -0.15) is 0 Å². The Morgan fingerprint density at radius 1 is 1.33 bits per heavy atom. The van der Waals surface area contributed by atoms with Crippen LogP contribution in [0.2, 0.25) is 0 Å². The van der Waals surface area contributed by atoms with Crippen molar-refractivity contribution >= 4 is 10.9 Å². The standard InChI is InChI=1S/C15H21N3/c1-3-5-11(2)15(18-16)13-8-7-12-6-4-9-17-14(12)10-13/h4,6-11,15,18H,3,5,16H2,1-2H3. The van der Waals surface area contributed by atoms with Gasteiger partial charge in [0.1, 0.15) is 0 Å². The molecule has 2 unspecified atom stereocenters. The minimum atomic E-state index is 0.191. The maximum Gasteiger partial charge on any atom is 0.0705 e. The zero-order valence-corrected chi connectivity index (χ0v) is 11.1. The molecule has 2 rings (SSSR count). The van der Waals surface area contributed by atoms with E-state index < -0.39 is 0 Å². The first-order chi connectivity index (χ1) is 8.76. The Kier molecular flexibility index (Phi) is 4.28. The fourth-order valence-electron chi connectivity index (χ4n) is 2.49. The van der Waals surface area contributed by atoms with Crippen LogP contribution in [0.1, 0.15) is 38.3 Å². The number of rotatable bonds is 5. The quantitative estimate of drug-likeness (QED) is 0.626. The Morgan fingerprint density at radius 3 is 2.89 bits per heavy atom. The SMILES string of the molecule is CCCC(C)C(NN)c1ccc2cccnc2c1. The van der Waals surface area contributed by atoms with Crippen molar-refractivity contribution in [1.29, 1.82) is 0 Å². The molecule has 96 valence electrons. The molecule has 3 N–H and O–H groups in total. The van der Waals surface area contributed by atoms with Crippen molar-refractivity contribution in [3.8, 4) is 0 Å². The largest absolute Gasteiger partial charge is 0.271 e. The summed E-state index contributed by atoms with van der Waals surface area (Å²) in [5.41, 5.74) is 5.18. The van der Waals surface area contributed by atoms with E-state index in [9.17, 15) is 0 Å². The van der Waals surface area contributed by atoms with E-state index in [-0.39, 0.29) is 6.04 Å². The second kappa shape index (κ2) is 5.94. The van der Waals surface area contributed by atoms with E-state index in [4.69, 9.17) is 5.84 Å². The van der Waals surface area contributed by atoms with Gasteiger partial charge in [-0.15, -0.1) is 0 Å². The van der Waals surface area contributed by atoms with Crippen LogP contribution in [0.4, 0.5) is 0 Å². The van der Waals surface area contributed by atoms with Crippen molar-refractivity contribution in [2.24, 2.45) is 11.8 Å². The second-order valence-electron chi connectivity index (χ2n) is 4.87. The average Bonchev–Trinajstić information content (AvgIpc) is 2.40.